The molecule has 3 heterocycles. The Hall–Kier alpha value is -7.47. The van der Waals surface area contributed by atoms with Crippen LogP contribution in [0.1, 0.15) is 28.7 Å². The molecule has 12 nitrogen and oxygen atoms in total. The number of rotatable bonds is 9. The summed E-state index contributed by atoms with van der Waals surface area (Å²) >= 11 is 0. The molecule has 2 bridgehead atoms. The number of carboxylic acid groups (broad SMARTS) is 1. The molecule has 6 N–H and O–H groups in total. The first-order valence-corrected chi connectivity index (χ1v) is 19.7. The molecule has 5 aromatic carbocycles. The third-order valence-corrected chi connectivity index (χ3v) is 10.5. The highest BCUT2D eigenvalue weighted by Gasteiger charge is 2.33. The molecule has 0 saturated heterocycles. The van der Waals surface area contributed by atoms with Crippen LogP contribution in [0.15, 0.2) is 146 Å². The van der Waals surface area contributed by atoms with Gasteiger partial charge in [0.1, 0.15) is 29.9 Å². The van der Waals surface area contributed by atoms with Gasteiger partial charge in [0.2, 0.25) is 17.7 Å². The molecule has 0 saturated carbocycles. The van der Waals surface area contributed by atoms with E-state index in [9.17, 15) is 29.1 Å². The van der Waals surface area contributed by atoms with E-state index in [1.807, 2.05) is 109 Å². The molecular weight excluding hydrogens is 759 g/mol. The standard InChI is InChI=1S/C48H45N5O7/c1-30(38-28-49-39-15-9-8-14-37(38)39)44-47(57)51-41(26-32-16-21-35(22-17-32)34-12-6-3-7-13-34)46(56)50-40(25-20-31-10-4-2-5-11-31)45(55)52-42(48(58)59)27-33-18-23-36(24-19-33)60-29-43(54)53-44/h2-19,21-24,28,40-42,44,49H,1,20,25-27,29H2,(H,50,56)(H,51,57)(H,52,55)(H,53,54)(H,58,59). The Morgan fingerprint density at radius 1 is 0.667 bits per heavy atom. The van der Waals surface area contributed by atoms with Crippen molar-refractivity contribution in [3.63, 3.8) is 0 Å². The minimum atomic E-state index is -1.35. The number of carbonyl (C=O) groups is 5. The Bertz CT molecular complexity index is 2480. The van der Waals surface area contributed by atoms with Crippen LogP contribution in [0, 0.1) is 0 Å². The maximum Gasteiger partial charge on any atom is 0.326 e. The number of aromatic amines is 1. The van der Waals surface area contributed by atoms with Crippen LogP contribution in [0.5, 0.6) is 5.75 Å². The summed E-state index contributed by atoms with van der Waals surface area (Å²) in [6.07, 6.45) is 2.17. The zero-order chi connectivity index (χ0) is 42.0. The maximum atomic E-state index is 14.6. The van der Waals surface area contributed by atoms with Crippen molar-refractivity contribution in [2.45, 2.75) is 49.9 Å². The number of amides is 4. The van der Waals surface area contributed by atoms with E-state index < -0.39 is 60.4 Å². The Morgan fingerprint density at radius 3 is 2.02 bits per heavy atom. The highest BCUT2D eigenvalue weighted by molar-refractivity contribution is 6.05. The molecule has 4 atom stereocenters. The fraction of sp³-hybridized carbons (Fsp3) is 0.188. The van der Waals surface area contributed by atoms with Gasteiger partial charge in [0.05, 0.1) is 0 Å². The quantitative estimate of drug-likeness (QED) is 0.106. The van der Waals surface area contributed by atoms with Crippen LogP contribution >= 0.6 is 0 Å². The second-order valence-corrected chi connectivity index (χ2v) is 14.7. The van der Waals surface area contributed by atoms with Gasteiger partial charge >= 0.3 is 5.97 Å². The van der Waals surface area contributed by atoms with Crippen LogP contribution in [-0.2, 0) is 43.2 Å². The minimum Gasteiger partial charge on any atom is -0.484 e. The zero-order valence-electron chi connectivity index (χ0n) is 32.7. The summed E-state index contributed by atoms with van der Waals surface area (Å²) in [6.45, 7) is 3.79. The van der Waals surface area contributed by atoms with E-state index >= 15 is 0 Å². The molecule has 12 heteroatoms. The molecule has 2 aliphatic heterocycles. The number of ether oxygens (including phenoxy) is 1. The van der Waals surface area contributed by atoms with E-state index in [1.54, 1.807) is 30.5 Å². The second kappa shape index (κ2) is 18.9. The summed E-state index contributed by atoms with van der Waals surface area (Å²) in [7, 11) is 0. The smallest absolute Gasteiger partial charge is 0.326 e. The SMILES string of the molecule is C=C(c1c[nH]c2ccccc12)C1NC(=O)COc2ccc(cc2)CC(C(=O)O)NC(=O)C(CCc2ccccc2)NC(=O)C(Cc2ccc(-c3ccccc3)cc2)NC1=O. The number of benzene rings is 5. The first-order valence-electron chi connectivity index (χ1n) is 19.7. The lowest BCUT2D eigenvalue weighted by molar-refractivity contribution is -0.142. The lowest BCUT2D eigenvalue weighted by atomic mass is 9.97. The molecule has 0 aliphatic carbocycles. The van der Waals surface area contributed by atoms with E-state index in [1.165, 1.54) is 0 Å². The summed E-state index contributed by atoms with van der Waals surface area (Å²) in [5.74, 6) is -3.66. The predicted molar refractivity (Wildman–Crippen MR) is 229 cm³/mol. The zero-order valence-corrected chi connectivity index (χ0v) is 32.7. The summed E-state index contributed by atoms with van der Waals surface area (Å²) in [5.41, 5.74) is 5.81. The van der Waals surface area contributed by atoms with Crippen molar-refractivity contribution in [3.8, 4) is 16.9 Å². The number of carboxylic acids is 1. The minimum absolute atomic E-state index is 0.00867. The molecule has 2 aliphatic rings. The molecule has 1 aromatic heterocycles. The van der Waals surface area contributed by atoms with Crippen molar-refractivity contribution in [2.24, 2.45) is 0 Å². The molecule has 0 fully saturated rings. The third kappa shape index (κ3) is 10.1. The number of aliphatic carboxylic acids is 1. The molecule has 304 valence electrons. The van der Waals surface area contributed by atoms with Gasteiger partial charge in [-0.15, -0.1) is 0 Å². The van der Waals surface area contributed by atoms with Crippen molar-refractivity contribution >= 4 is 46.1 Å². The molecule has 0 spiro atoms. The van der Waals surface area contributed by atoms with Gasteiger partial charge < -0.3 is 36.1 Å². The number of hydrogen-bond acceptors (Lipinski definition) is 6. The first-order chi connectivity index (χ1) is 29.1. The average molecular weight is 804 g/mol. The first kappa shape index (κ1) is 40.7. The Kier molecular flexibility index (Phi) is 12.8. The molecule has 8 rings (SSSR count). The van der Waals surface area contributed by atoms with Gasteiger partial charge in [0, 0.05) is 35.5 Å². The number of carbonyl (C=O) groups excluding carboxylic acids is 4. The number of aryl methyl sites for hydroxylation is 1. The molecule has 60 heavy (non-hydrogen) atoms. The van der Waals surface area contributed by atoms with Crippen LogP contribution in [0.3, 0.4) is 0 Å². The van der Waals surface area contributed by atoms with E-state index in [0.29, 0.717) is 28.9 Å². The van der Waals surface area contributed by atoms with Gasteiger partial charge in [-0.2, -0.15) is 0 Å². The van der Waals surface area contributed by atoms with Gasteiger partial charge in [-0.1, -0.05) is 122 Å². The predicted octanol–water partition coefficient (Wildman–Crippen LogP) is 5.38. The van der Waals surface area contributed by atoms with Crippen LogP contribution < -0.4 is 26.0 Å². The van der Waals surface area contributed by atoms with Crippen LogP contribution in [0.25, 0.3) is 27.6 Å². The molecule has 4 amide bonds. The van der Waals surface area contributed by atoms with Gasteiger partial charge in [0.25, 0.3) is 5.91 Å². The van der Waals surface area contributed by atoms with Gasteiger partial charge in [-0.3, -0.25) is 19.2 Å². The molecule has 4 unspecified atom stereocenters. The largest absolute Gasteiger partial charge is 0.484 e. The number of nitrogens with one attached hydrogen (secondary N) is 5. The van der Waals surface area contributed by atoms with Crippen molar-refractivity contribution in [2.75, 3.05) is 6.61 Å². The van der Waals surface area contributed by atoms with Crippen molar-refractivity contribution in [3.05, 3.63) is 168 Å². The number of aromatic nitrogens is 1. The van der Waals surface area contributed by atoms with Crippen LogP contribution in [-0.4, -0.2) is 70.5 Å². The van der Waals surface area contributed by atoms with Crippen LogP contribution in [0.2, 0.25) is 0 Å². The monoisotopic (exact) mass is 803 g/mol. The van der Waals surface area contributed by atoms with E-state index in [0.717, 1.165) is 27.6 Å². The highest BCUT2D eigenvalue weighted by atomic mass is 16.5. The summed E-state index contributed by atoms with van der Waals surface area (Å²) in [6, 6.07) is 35.6. The Labute approximate surface area is 347 Å². The Morgan fingerprint density at radius 2 is 1.30 bits per heavy atom. The number of hydrogen-bond donors (Lipinski definition) is 6. The summed E-state index contributed by atoms with van der Waals surface area (Å²) in [5, 5.41) is 22.1. The Balaban J connectivity index is 1.25. The summed E-state index contributed by atoms with van der Waals surface area (Å²) < 4.78 is 5.76. The number of para-hydroxylation sites is 1. The third-order valence-electron chi connectivity index (χ3n) is 10.5. The normalized spacial score (nSPS) is 19.1. The van der Waals surface area contributed by atoms with Gasteiger partial charge in [0.15, 0.2) is 6.61 Å². The fourth-order valence-corrected chi connectivity index (χ4v) is 7.25. The number of fused-ring (bicyclic) bond motifs is 17. The van der Waals surface area contributed by atoms with Crippen molar-refractivity contribution in [1.82, 2.24) is 26.3 Å². The van der Waals surface area contributed by atoms with Gasteiger partial charge in [-0.25, -0.2) is 4.79 Å². The summed E-state index contributed by atoms with van der Waals surface area (Å²) in [4.78, 5) is 72.4. The fourth-order valence-electron chi connectivity index (χ4n) is 7.25. The lowest BCUT2D eigenvalue weighted by Gasteiger charge is -2.27. The van der Waals surface area contributed by atoms with Crippen molar-refractivity contribution < 1.29 is 33.8 Å². The average Bonchev–Trinajstić information content (AvgIpc) is 3.71. The van der Waals surface area contributed by atoms with E-state index in [4.69, 9.17) is 4.74 Å². The van der Waals surface area contributed by atoms with E-state index in [-0.39, 0.29) is 24.8 Å². The van der Waals surface area contributed by atoms with Gasteiger partial charge in [-0.05, 0) is 64.4 Å². The second-order valence-electron chi connectivity index (χ2n) is 14.7. The highest BCUT2D eigenvalue weighted by Crippen LogP contribution is 2.27. The molecule has 6 aromatic rings. The lowest BCUT2D eigenvalue weighted by Crippen LogP contribution is -2.58. The molecule has 0 radical (unpaired) electrons. The topological polar surface area (TPSA) is 179 Å². The number of H-pyrrole nitrogens is 1. The molecular formula is C48H45N5O7. The van der Waals surface area contributed by atoms with Crippen molar-refractivity contribution in [1.29, 1.82) is 0 Å². The maximum absolute atomic E-state index is 14.6. The van der Waals surface area contributed by atoms with Crippen LogP contribution in [0.4, 0.5) is 0 Å². The van der Waals surface area contributed by atoms with E-state index in [2.05, 4.69) is 32.8 Å².